The maximum absolute atomic E-state index is 11.2. The molecule has 0 radical (unpaired) electrons. The lowest BCUT2D eigenvalue weighted by molar-refractivity contribution is 0.101. The van der Waals surface area contributed by atoms with Gasteiger partial charge < -0.3 is 0 Å². The quantitative estimate of drug-likeness (QED) is 0.549. The average molecular weight is 222 g/mol. The highest BCUT2D eigenvalue weighted by molar-refractivity contribution is 8.00. The predicted molar refractivity (Wildman–Crippen MR) is 66.7 cm³/mol. The minimum atomic E-state index is 0.141. The second-order valence-electron chi connectivity index (χ2n) is 3.64. The van der Waals surface area contributed by atoms with Crippen molar-refractivity contribution in [2.24, 2.45) is 0 Å². The fourth-order valence-corrected chi connectivity index (χ4v) is 2.51. The molecule has 0 fully saturated rings. The second kappa shape index (κ2) is 5.96. The first-order valence-corrected chi connectivity index (χ1v) is 6.33. The number of benzene rings is 1. The lowest BCUT2D eigenvalue weighted by atomic mass is 10.2. The van der Waals surface area contributed by atoms with E-state index in [1.165, 1.54) is 17.7 Å². The number of rotatable bonds is 5. The van der Waals surface area contributed by atoms with Crippen molar-refractivity contribution in [3.05, 3.63) is 29.8 Å². The Bertz CT molecular complexity index is 329. The number of hydrogen-bond donors (Lipinski definition) is 0. The van der Waals surface area contributed by atoms with E-state index in [1.807, 2.05) is 30.0 Å². The van der Waals surface area contributed by atoms with Gasteiger partial charge in [0.15, 0.2) is 5.78 Å². The summed E-state index contributed by atoms with van der Waals surface area (Å²) in [6.07, 6.45) is 2.34. The third-order valence-corrected chi connectivity index (χ3v) is 3.98. The molecule has 1 aromatic carbocycles. The summed E-state index contributed by atoms with van der Waals surface area (Å²) in [7, 11) is 0. The van der Waals surface area contributed by atoms with Crippen molar-refractivity contribution < 1.29 is 4.79 Å². The monoisotopic (exact) mass is 222 g/mol. The maximum atomic E-state index is 11.2. The van der Waals surface area contributed by atoms with E-state index >= 15 is 0 Å². The van der Waals surface area contributed by atoms with Crippen molar-refractivity contribution in [2.45, 2.75) is 43.8 Å². The molecule has 0 unspecified atom stereocenters. The molecule has 82 valence electrons. The van der Waals surface area contributed by atoms with Gasteiger partial charge in [-0.2, -0.15) is 0 Å². The Hall–Kier alpha value is -0.760. The predicted octanol–water partition coefficient (Wildman–Crippen LogP) is 4.17. The van der Waals surface area contributed by atoms with Crippen LogP contribution in [0.2, 0.25) is 0 Å². The van der Waals surface area contributed by atoms with E-state index in [2.05, 4.69) is 19.9 Å². The van der Waals surface area contributed by atoms with E-state index in [4.69, 9.17) is 0 Å². The Morgan fingerprint density at radius 2 is 2.00 bits per heavy atom. The minimum absolute atomic E-state index is 0.141. The molecule has 1 aromatic rings. The lowest BCUT2D eigenvalue weighted by Crippen LogP contribution is -1.98. The first-order chi connectivity index (χ1) is 7.17. The Morgan fingerprint density at radius 3 is 2.53 bits per heavy atom. The highest BCUT2D eigenvalue weighted by Gasteiger charge is 2.06. The third-order valence-electron chi connectivity index (χ3n) is 2.45. The number of thioether (sulfide) groups is 1. The molecular weight excluding hydrogens is 204 g/mol. The van der Waals surface area contributed by atoms with Crippen molar-refractivity contribution in [1.82, 2.24) is 0 Å². The molecule has 0 aliphatic rings. The zero-order valence-electron chi connectivity index (χ0n) is 9.62. The van der Waals surface area contributed by atoms with E-state index in [9.17, 15) is 4.79 Å². The summed E-state index contributed by atoms with van der Waals surface area (Å²) in [6, 6.07) is 7.90. The van der Waals surface area contributed by atoms with Gasteiger partial charge in [0, 0.05) is 15.7 Å². The SMILES string of the molecule is CCC(CC)Sc1cccc(C(C)=O)c1. The molecule has 0 aliphatic carbocycles. The van der Waals surface area contributed by atoms with Crippen LogP contribution in [0.15, 0.2) is 29.2 Å². The Morgan fingerprint density at radius 1 is 1.33 bits per heavy atom. The Kier molecular flexibility index (Phi) is 4.89. The average Bonchev–Trinajstić information content (AvgIpc) is 2.26. The number of carbonyl (C=O) groups is 1. The summed E-state index contributed by atoms with van der Waals surface area (Å²) < 4.78 is 0. The molecule has 1 rings (SSSR count). The van der Waals surface area contributed by atoms with Crippen LogP contribution < -0.4 is 0 Å². The molecular formula is C13H18OS. The number of ketones is 1. The van der Waals surface area contributed by atoms with Crippen LogP contribution in [0.25, 0.3) is 0 Å². The molecule has 0 N–H and O–H groups in total. The van der Waals surface area contributed by atoms with Gasteiger partial charge in [0.2, 0.25) is 0 Å². The van der Waals surface area contributed by atoms with Crippen molar-refractivity contribution in [1.29, 1.82) is 0 Å². The van der Waals surface area contributed by atoms with Gasteiger partial charge >= 0.3 is 0 Å². The van der Waals surface area contributed by atoms with Gasteiger partial charge in [-0.1, -0.05) is 26.0 Å². The Labute approximate surface area is 96.3 Å². The molecule has 0 amide bonds. The van der Waals surface area contributed by atoms with Crippen LogP contribution in [-0.4, -0.2) is 11.0 Å². The zero-order chi connectivity index (χ0) is 11.3. The van der Waals surface area contributed by atoms with Crippen LogP contribution in [0, 0.1) is 0 Å². The number of Topliss-reactive ketones (excluding diaryl/α,β-unsaturated/α-hetero) is 1. The number of hydrogen-bond acceptors (Lipinski definition) is 2. The van der Waals surface area contributed by atoms with E-state index in [0.29, 0.717) is 5.25 Å². The molecule has 15 heavy (non-hydrogen) atoms. The van der Waals surface area contributed by atoms with Crippen LogP contribution in [0.3, 0.4) is 0 Å². The van der Waals surface area contributed by atoms with Crippen LogP contribution in [0.1, 0.15) is 44.0 Å². The summed E-state index contributed by atoms with van der Waals surface area (Å²) in [5.74, 6) is 0.141. The molecule has 0 bridgehead atoms. The summed E-state index contributed by atoms with van der Waals surface area (Å²) >= 11 is 1.87. The summed E-state index contributed by atoms with van der Waals surface area (Å²) in [5, 5.41) is 0.659. The fraction of sp³-hybridized carbons (Fsp3) is 0.462. The molecule has 0 aromatic heterocycles. The van der Waals surface area contributed by atoms with E-state index in [1.54, 1.807) is 6.92 Å². The normalized spacial score (nSPS) is 10.7. The molecule has 1 nitrogen and oxygen atoms in total. The van der Waals surface area contributed by atoms with Crippen LogP contribution in [0.4, 0.5) is 0 Å². The molecule has 0 saturated heterocycles. The summed E-state index contributed by atoms with van der Waals surface area (Å²) in [5.41, 5.74) is 0.811. The van der Waals surface area contributed by atoms with E-state index < -0.39 is 0 Å². The topological polar surface area (TPSA) is 17.1 Å². The zero-order valence-corrected chi connectivity index (χ0v) is 10.4. The van der Waals surface area contributed by atoms with E-state index in [0.717, 1.165) is 5.56 Å². The van der Waals surface area contributed by atoms with Crippen LogP contribution in [-0.2, 0) is 0 Å². The van der Waals surface area contributed by atoms with Crippen molar-refractivity contribution in [3.63, 3.8) is 0 Å². The summed E-state index contributed by atoms with van der Waals surface area (Å²) in [4.78, 5) is 12.4. The molecule has 0 spiro atoms. The molecule has 2 heteroatoms. The smallest absolute Gasteiger partial charge is 0.159 e. The van der Waals surface area contributed by atoms with Crippen molar-refractivity contribution in [2.75, 3.05) is 0 Å². The Balaban J connectivity index is 2.77. The van der Waals surface area contributed by atoms with Crippen molar-refractivity contribution in [3.8, 4) is 0 Å². The molecule has 0 saturated carbocycles. The largest absolute Gasteiger partial charge is 0.295 e. The highest BCUT2D eigenvalue weighted by atomic mass is 32.2. The molecule has 0 atom stereocenters. The standard InChI is InChI=1S/C13H18OS/c1-4-12(5-2)15-13-8-6-7-11(9-13)10(3)14/h6-9,12H,4-5H2,1-3H3. The first kappa shape index (κ1) is 12.3. The van der Waals surface area contributed by atoms with Gasteiger partial charge in [0.05, 0.1) is 0 Å². The van der Waals surface area contributed by atoms with Crippen LogP contribution >= 0.6 is 11.8 Å². The fourth-order valence-electron chi connectivity index (χ4n) is 1.44. The second-order valence-corrected chi connectivity index (χ2v) is 5.01. The maximum Gasteiger partial charge on any atom is 0.159 e. The number of carbonyl (C=O) groups excluding carboxylic acids is 1. The molecule has 0 heterocycles. The van der Waals surface area contributed by atoms with Gasteiger partial charge in [-0.3, -0.25) is 4.79 Å². The van der Waals surface area contributed by atoms with Gasteiger partial charge in [-0.05, 0) is 31.9 Å². The lowest BCUT2D eigenvalue weighted by Gasteiger charge is -2.11. The molecule has 0 aliphatic heterocycles. The van der Waals surface area contributed by atoms with Gasteiger partial charge in [-0.15, -0.1) is 11.8 Å². The highest BCUT2D eigenvalue weighted by Crippen LogP contribution is 2.27. The van der Waals surface area contributed by atoms with Crippen LogP contribution in [0.5, 0.6) is 0 Å². The minimum Gasteiger partial charge on any atom is -0.295 e. The van der Waals surface area contributed by atoms with Gasteiger partial charge in [0.1, 0.15) is 0 Å². The summed E-state index contributed by atoms with van der Waals surface area (Å²) in [6.45, 7) is 6.02. The first-order valence-electron chi connectivity index (χ1n) is 5.45. The van der Waals surface area contributed by atoms with Crippen molar-refractivity contribution >= 4 is 17.5 Å². The van der Waals surface area contributed by atoms with E-state index in [-0.39, 0.29) is 5.78 Å². The third kappa shape index (κ3) is 3.71. The van der Waals surface area contributed by atoms with Gasteiger partial charge in [-0.25, -0.2) is 0 Å². The van der Waals surface area contributed by atoms with Gasteiger partial charge in [0.25, 0.3) is 0 Å².